The molecule has 0 aromatic heterocycles. The molecule has 0 radical (unpaired) electrons. The second-order valence-electron chi connectivity index (χ2n) is 7.75. The summed E-state index contributed by atoms with van der Waals surface area (Å²) in [6.07, 6.45) is 11.5. The Morgan fingerprint density at radius 3 is 1.83 bits per heavy atom. The van der Waals surface area contributed by atoms with Gasteiger partial charge in [-0.15, -0.1) is 0 Å². The highest BCUT2D eigenvalue weighted by molar-refractivity contribution is 5.37. The summed E-state index contributed by atoms with van der Waals surface area (Å²) in [5.41, 5.74) is 3.41. The lowest BCUT2D eigenvalue weighted by atomic mass is 9.48. The molecule has 0 heterocycles. The topological polar surface area (TPSA) is 0 Å². The molecule has 0 spiro atoms. The SMILES string of the molecule is C1CC2CCC1C2.C=C1C=C(C)C2CC1C2(C)C. The Kier molecular flexibility index (Phi) is 2.95. The van der Waals surface area contributed by atoms with Crippen LogP contribution in [0.1, 0.15) is 59.3 Å². The van der Waals surface area contributed by atoms with Gasteiger partial charge in [0, 0.05) is 0 Å². The first-order valence-corrected chi connectivity index (χ1v) is 7.85. The number of rotatable bonds is 0. The summed E-state index contributed by atoms with van der Waals surface area (Å²) in [6.45, 7) is 11.1. The Labute approximate surface area is 113 Å². The Hall–Kier alpha value is -0.520. The van der Waals surface area contributed by atoms with E-state index in [-0.39, 0.29) is 0 Å². The lowest BCUT2D eigenvalue weighted by Crippen LogP contribution is -2.48. The molecule has 3 saturated carbocycles. The minimum atomic E-state index is 0.510. The first kappa shape index (κ1) is 12.5. The van der Waals surface area contributed by atoms with Gasteiger partial charge in [0.15, 0.2) is 0 Å². The Bertz CT molecular complexity index is 367. The van der Waals surface area contributed by atoms with Crippen molar-refractivity contribution >= 4 is 0 Å². The van der Waals surface area contributed by atoms with Crippen LogP contribution >= 0.6 is 0 Å². The summed E-state index contributed by atoms with van der Waals surface area (Å²) in [5.74, 6) is 3.96. The third-order valence-electron chi connectivity index (χ3n) is 6.31. The molecule has 5 rings (SSSR count). The summed E-state index contributed by atoms with van der Waals surface area (Å²) in [7, 11) is 0. The standard InChI is InChI=1S/C11H16.C7H12/c1-7-5-8(2)10-6-9(7)11(10,3)4;1-2-7-4-3-6(1)5-7/h5,9-10H,1,6H2,2-4H3;6-7H,1-5H2. The molecule has 0 heteroatoms. The molecule has 4 bridgehead atoms. The molecule has 0 N–H and O–H groups in total. The van der Waals surface area contributed by atoms with Crippen molar-refractivity contribution < 1.29 is 0 Å². The lowest BCUT2D eigenvalue weighted by molar-refractivity contribution is 0.0241. The van der Waals surface area contributed by atoms with Gasteiger partial charge in [-0.3, -0.25) is 0 Å². The van der Waals surface area contributed by atoms with Gasteiger partial charge in [-0.25, -0.2) is 0 Å². The molecule has 100 valence electrons. The smallest absolute Gasteiger partial charge is 0.0105 e. The molecule has 0 aromatic rings. The maximum atomic E-state index is 4.10. The highest BCUT2D eigenvalue weighted by atomic mass is 14.6. The van der Waals surface area contributed by atoms with Gasteiger partial charge in [0.1, 0.15) is 0 Å². The van der Waals surface area contributed by atoms with Gasteiger partial charge in [-0.1, -0.05) is 63.3 Å². The Morgan fingerprint density at radius 1 is 1.00 bits per heavy atom. The van der Waals surface area contributed by atoms with E-state index in [2.05, 4.69) is 33.4 Å². The zero-order valence-corrected chi connectivity index (χ0v) is 12.3. The lowest BCUT2D eigenvalue weighted by Gasteiger charge is -2.56. The third-order valence-corrected chi connectivity index (χ3v) is 6.31. The van der Waals surface area contributed by atoms with E-state index in [0.717, 1.165) is 11.8 Å². The fraction of sp³-hybridized carbons (Fsp3) is 0.778. The average molecular weight is 244 g/mol. The van der Waals surface area contributed by atoms with Crippen molar-refractivity contribution in [1.29, 1.82) is 0 Å². The van der Waals surface area contributed by atoms with Gasteiger partial charge in [-0.05, 0) is 48.9 Å². The highest BCUT2D eigenvalue weighted by Gasteiger charge is 2.51. The van der Waals surface area contributed by atoms with Crippen molar-refractivity contribution in [2.75, 3.05) is 0 Å². The summed E-state index contributed by atoms with van der Waals surface area (Å²) >= 11 is 0. The van der Waals surface area contributed by atoms with Crippen LogP contribution in [0.25, 0.3) is 0 Å². The Balaban J connectivity index is 0.000000122. The van der Waals surface area contributed by atoms with E-state index in [4.69, 9.17) is 0 Å². The molecular formula is C18H28. The van der Waals surface area contributed by atoms with Crippen molar-refractivity contribution in [2.24, 2.45) is 29.1 Å². The molecule has 0 nitrogen and oxygen atoms in total. The molecule has 0 saturated heterocycles. The van der Waals surface area contributed by atoms with Crippen LogP contribution in [-0.2, 0) is 0 Å². The number of hydrogen-bond acceptors (Lipinski definition) is 0. The van der Waals surface area contributed by atoms with Crippen molar-refractivity contribution in [3.05, 3.63) is 23.8 Å². The largest absolute Gasteiger partial charge is 0.0955 e. The molecule has 2 atom stereocenters. The molecule has 5 aliphatic carbocycles. The predicted molar refractivity (Wildman–Crippen MR) is 78.3 cm³/mol. The quantitative estimate of drug-likeness (QED) is 0.538. The van der Waals surface area contributed by atoms with E-state index in [0.29, 0.717) is 5.41 Å². The fourth-order valence-electron chi connectivity index (χ4n) is 5.00. The third kappa shape index (κ3) is 1.89. The van der Waals surface area contributed by atoms with E-state index in [9.17, 15) is 0 Å². The minimum absolute atomic E-state index is 0.510. The van der Waals surface area contributed by atoms with Crippen LogP contribution in [-0.4, -0.2) is 0 Å². The maximum absolute atomic E-state index is 4.10. The van der Waals surface area contributed by atoms with Crippen molar-refractivity contribution in [1.82, 2.24) is 0 Å². The molecule has 5 aliphatic rings. The molecular weight excluding hydrogens is 216 g/mol. The van der Waals surface area contributed by atoms with Crippen LogP contribution in [0.4, 0.5) is 0 Å². The number of allylic oxidation sites excluding steroid dienone is 3. The average Bonchev–Trinajstić information content (AvgIpc) is 2.91. The van der Waals surface area contributed by atoms with E-state index in [1.54, 1.807) is 37.7 Å². The summed E-state index contributed by atoms with van der Waals surface area (Å²) < 4.78 is 0. The van der Waals surface area contributed by atoms with Crippen LogP contribution in [0.3, 0.4) is 0 Å². The van der Waals surface area contributed by atoms with E-state index in [1.165, 1.54) is 23.8 Å². The normalized spacial score (nSPS) is 42.8. The van der Waals surface area contributed by atoms with Crippen LogP contribution < -0.4 is 0 Å². The summed E-state index contributed by atoms with van der Waals surface area (Å²) in [5, 5.41) is 0. The minimum Gasteiger partial charge on any atom is -0.0955 e. The molecule has 0 amide bonds. The van der Waals surface area contributed by atoms with E-state index < -0.39 is 0 Å². The van der Waals surface area contributed by atoms with Crippen LogP contribution in [0.2, 0.25) is 0 Å². The van der Waals surface area contributed by atoms with Gasteiger partial charge in [0.05, 0.1) is 0 Å². The van der Waals surface area contributed by atoms with Crippen molar-refractivity contribution in [3.8, 4) is 0 Å². The fourth-order valence-corrected chi connectivity index (χ4v) is 5.00. The molecule has 0 aromatic carbocycles. The monoisotopic (exact) mass is 244 g/mol. The van der Waals surface area contributed by atoms with Crippen molar-refractivity contribution in [2.45, 2.75) is 59.3 Å². The molecule has 18 heavy (non-hydrogen) atoms. The first-order valence-electron chi connectivity index (χ1n) is 7.85. The van der Waals surface area contributed by atoms with Gasteiger partial charge >= 0.3 is 0 Å². The van der Waals surface area contributed by atoms with Gasteiger partial charge in [-0.2, -0.15) is 0 Å². The summed E-state index contributed by atoms with van der Waals surface area (Å²) in [4.78, 5) is 0. The Morgan fingerprint density at radius 2 is 1.56 bits per heavy atom. The van der Waals surface area contributed by atoms with E-state index >= 15 is 0 Å². The van der Waals surface area contributed by atoms with Gasteiger partial charge < -0.3 is 0 Å². The number of hydrogen-bond donors (Lipinski definition) is 0. The first-order chi connectivity index (χ1) is 8.48. The number of fused-ring (bicyclic) bond motifs is 3. The molecule has 2 unspecified atom stereocenters. The van der Waals surface area contributed by atoms with E-state index in [1.807, 2.05) is 0 Å². The molecule has 0 aliphatic heterocycles. The van der Waals surface area contributed by atoms with Gasteiger partial charge in [0.25, 0.3) is 0 Å². The molecule has 3 fully saturated rings. The van der Waals surface area contributed by atoms with Crippen LogP contribution in [0.15, 0.2) is 23.8 Å². The van der Waals surface area contributed by atoms with Gasteiger partial charge in [0.2, 0.25) is 0 Å². The predicted octanol–water partition coefficient (Wildman–Crippen LogP) is 5.36. The maximum Gasteiger partial charge on any atom is -0.0105 e. The zero-order valence-electron chi connectivity index (χ0n) is 12.3. The highest BCUT2D eigenvalue weighted by Crippen LogP contribution is 2.60. The summed E-state index contributed by atoms with van der Waals surface area (Å²) in [6, 6.07) is 0. The van der Waals surface area contributed by atoms with Crippen LogP contribution in [0.5, 0.6) is 0 Å². The van der Waals surface area contributed by atoms with Crippen molar-refractivity contribution in [3.63, 3.8) is 0 Å². The zero-order chi connectivity index (χ0) is 12.9. The van der Waals surface area contributed by atoms with Crippen LogP contribution in [0, 0.1) is 29.1 Å². The second kappa shape index (κ2) is 4.25. The second-order valence-corrected chi connectivity index (χ2v) is 7.75.